The van der Waals surface area contributed by atoms with Crippen LogP contribution >= 0.6 is 0 Å². The van der Waals surface area contributed by atoms with Crippen LogP contribution in [-0.4, -0.2) is 52.0 Å². The van der Waals surface area contributed by atoms with Crippen LogP contribution in [0, 0.1) is 0 Å². The number of para-hydroxylation sites is 2. The summed E-state index contributed by atoms with van der Waals surface area (Å²) in [5.41, 5.74) is 2.80. The second kappa shape index (κ2) is 9.63. The number of ether oxygens (including phenoxy) is 2. The molecule has 0 aliphatic carbocycles. The highest BCUT2D eigenvalue weighted by molar-refractivity contribution is 5.87. The zero-order valence-electron chi connectivity index (χ0n) is 17.5. The topological polar surface area (TPSA) is 90.5 Å². The fraction of sp³-hybridized carbons (Fsp3) is 0.304. The van der Waals surface area contributed by atoms with E-state index in [-0.39, 0.29) is 19.1 Å². The number of nitrogens with one attached hydrogen (secondary N) is 1. The predicted octanol–water partition coefficient (Wildman–Crippen LogP) is 2.32. The first-order valence-electron chi connectivity index (χ1n) is 10.2. The number of rotatable bonds is 10. The lowest BCUT2D eigenvalue weighted by Gasteiger charge is -2.11. The molecule has 0 spiro atoms. The lowest BCUT2D eigenvalue weighted by Crippen LogP contribution is -2.31. The van der Waals surface area contributed by atoms with Crippen molar-refractivity contribution in [2.24, 2.45) is 0 Å². The van der Waals surface area contributed by atoms with E-state index in [9.17, 15) is 9.90 Å². The number of carbonyl (C=O) groups is 1. The highest BCUT2D eigenvalue weighted by Gasteiger charge is 2.11. The van der Waals surface area contributed by atoms with Gasteiger partial charge in [-0.25, -0.2) is 4.98 Å². The van der Waals surface area contributed by atoms with Crippen molar-refractivity contribution in [1.29, 1.82) is 0 Å². The molecular formula is C23H26N4O4. The molecule has 2 N–H and O–H groups in total. The van der Waals surface area contributed by atoms with Crippen LogP contribution in [0.25, 0.3) is 21.9 Å². The van der Waals surface area contributed by atoms with Crippen molar-refractivity contribution in [3.8, 4) is 5.75 Å². The third kappa shape index (κ3) is 4.55. The third-order valence-electron chi connectivity index (χ3n) is 5.20. The average molecular weight is 422 g/mol. The summed E-state index contributed by atoms with van der Waals surface area (Å²) >= 11 is 0. The molecule has 0 aliphatic heterocycles. The number of nitrogens with zero attached hydrogens (tertiary/aromatic N) is 3. The number of hydrogen-bond acceptors (Lipinski definition) is 5. The van der Waals surface area contributed by atoms with Gasteiger partial charge in [0.1, 0.15) is 18.2 Å². The molecule has 0 radical (unpaired) electrons. The van der Waals surface area contributed by atoms with Gasteiger partial charge in [-0.15, -0.1) is 0 Å². The van der Waals surface area contributed by atoms with E-state index in [1.807, 2.05) is 59.3 Å². The fourth-order valence-electron chi connectivity index (χ4n) is 3.70. The molecule has 4 rings (SSSR count). The minimum Gasteiger partial charge on any atom is -0.483 e. The molecule has 0 saturated carbocycles. The number of imidazole rings is 1. The van der Waals surface area contributed by atoms with Crippen molar-refractivity contribution in [1.82, 2.24) is 19.4 Å². The largest absolute Gasteiger partial charge is 0.483 e. The Bertz CT molecular complexity index is 1180. The Kier molecular flexibility index (Phi) is 6.49. The molecule has 2 heterocycles. The Morgan fingerprint density at radius 1 is 1.10 bits per heavy atom. The van der Waals surface area contributed by atoms with E-state index < -0.39 is 0 Å². The van der Waals surface area contributed by atoms with Crippen LogP contribution < -0.4 is 10.1 Å². The first-order valence-corrected chi connectivity index (χ1v) is 10.2. The standard InChI is InChI=1S/C23H26N4O4/c1-30-14-13-26-11-9-17-19(26)7-4-8-21(17)31-16-23(29)24-10-12-27-20-6-3-2-5-18(20)25-22(27)15-28/h2-9,11,28H,10,12-16H2,1H3,(H,24,29). The van der Waals surface area contributed by atoms with E-state index in [4.69, 9.17) is 9.47 Å². The lowest BCUT2D eigenvalue weighted by molar-refractivity contribution is -0.123. The molecule has 0 saturated heterocycles. The zero-order valence-corrected chi connectivity index (χ0v) is 17.5. The third-order valence-corrected chi connectivity index (χ3v) is 5.20. The van der Waals surface area contributed by atoms with E-state index >= 15 is 0 Å². The highest BCUT2D eigenvalue weighted by Crippen LogP contribution is 2.26. The van der Waals surface area contributed by atoms with Crippen molar-refractivity contribution in [3.05, 3.63) is 60.6 Å². The van der Waals surface area contributed by atoms with Gasteiger partial charge in [0, 0.05) is 38.3 Å². The average Bonchev–Trinajstić information content (AvgIpc) is 3.37. The Labute approximate surface area is 180 Å². The molecule has 2 aromatic carbocycles. The monoisotopic (exact) mass is 422 g/mol. The summed E-state index contributed by atoms with van der Waals surface area (Å²) in [6.45, 7) is 2.08. The number of aliphatic hydroxyl groups excluding tert-OH is 1. The van der Waals surface area contributed by atoms with Gasteiger partial charge in [0.15, 0.2) is 6.61 Å². The molecule has 0 aliphatic rings. The van der Waals surface area contributed by atoms with Gasteiger partial charge in [-0.1, -0.05) is 18.2 Å². The normalized spacial score (nSPS) is 11.3. The Balaban J connectivity index is 1.34. The number of aromatic nitrogens is 3. The van der Waals surface area contributed by atoms with Crippen molar-refractivity contribution in [2.75, 3.05) is 26.9 Å². The summed E-state index contributed by atoms with van der Waals surface area (Å²) in [6.07, 6.45) is 1.99. The van der Waals surface area contributed by atoms with Gasteiger partial charge in [-0.05, 0) is 30.3 Å². The fourth-order valence-corrected chi connectivity index (χ4v) is 3.70. The van der Waals surface area contributed by atoms with Crippen LogP contribution in [0.2, 0.25) is 0 Å². The molecule has 0 unspecified atom stereocenters. The summed E-state index contributed by atoms with van der Waals surface area (Å²) in [4.78, 5) is 16.7. The van der Waals surface area contributed by atoms with E-state index in [2.05, 4.69) is 14.9 Å². The smallest absolute Gasteiger partial charge is 0.258 e. The van der Waals surface area contributed by atoms with E-state index in [0.717, 1.165) is 28.5 Å². The number of methoxy groups -OCH3 is 1. The van der Waals surface area contributed by atoms with Crippen LogP contribution in [0.15, 0.2) is 54.7 Å². The van der Waals surface area contributed by atoms with Crippen LogP contribution in [0.1, 0.15) is 5.82 Å². The summed E-state index contributed by atoms with van der Waals surface area (Å²) < 4.78 is 15.0. The maximum atomic E-state index is 12.3. The minimum absolute atomic E-state index is 0.0695. The second-order valence-corrected chi connectivity index (χ2v) is 7.16. The maximum Gasteiger partial charge on any atom is 0.258 e. The van der Waals surface area contributed by atoms with Crippen molar-refractivity contribution < 1.29 is 19.4 Å². The summed E-state index contributed by atoms with van der Waals surface area (Å²) in [7, 11) is 1.68. The number of benzene rings is 2. The van der Waals surface area contributed by atoms with E-state index in [0.29, 0.717) is 31.3 Å². The molecule has 8 nitrogen and oxygen atoms in total. The number of amides is 1. The molecule has 162 valence electrons. The van der Waals surface area contributed by atoms with E-state index in [1.165, 1.54) is 0 Å². The lowest BCUT2D eigenvalue weighted by atomic mass is 10.2. The van der Waals surface area contributed by atoms with Gasteiger partial charge in [0.05, 0.1) is 23.2 Å². The van der Waals surface area contributed by atoms with Crippen molar-refractivity contribution in [3.63, 3.8) is 0 Å². The first kappa shape index (κ1) is 20.9. The van der Waals surface area contributed by atoms with Gasteiger partial charge < -0.3 is 29.0 Å². The van der Waals surface area contributed by atoms with E-state index in [1.54, 1.807) is 7.11 Å². The van der Waals surface area contributed by atoms with Gasteiger partial charge in [-0.2, -0.15) is 0 Å². The molecule has 31 heavy (non-hydrogen) atoms. The van der Waals surface area contributed by atoms with Crippen LogP contribution in [0.3, 0.4) is 0 Å². The van der Waals surface area contributed by atoms with Crippen LogP contribution in [-0.2, 0) is 29.2 Å². The molecule has 0 atom stereocenters. The van der Waals surface area contributed by atoms with Gasteiger partial charge >= 0.3 is 0 Å². The Hall–Kier alpha value is -3.36. The van der Waals surface area contributed by atoms with Gasteiger partial charge in [0.2, 0.25) is 0 Å². The van der Waals surface area contributed by atoms with Crippen molar-refractivity contribution >= 4 is 27.8 Å². The second-order valence-electron chi connectivity index (χ2n) is 7.16. The first-order chi connectivity index (χ1) is 15.2. The molecule has 8 heteroatoms. The van der Waals surface area contributed by atoms with Gasteiger partial charge in [0.25, 0.3) is 5.91 Å². The molecule has 2 aromatic heterocycles. The highest BCUT2D eigenvalue weighted by atomic mass is 16.5. The number of fused-ring (bicyclic) bond motifs is 2. The minimum atomic E-state index is -0.203. The molecule has 0 fully saturated rings. The van der Waals surface area contributed by atoms with Crippen LogP contribution in [0.4, 0.5) is 0 Å². The molecule has 0 bridgehead atoms. The Morgan fingerprint density at radius 3 is 2.77 bits per heavy atom. The zero-order chi connectivity index (χ0) is 21.6. The number of aliphatic hydroxyl groups is 1. The van der Waals surface area contributed by atoms with Crippen LogP contribution in [0.5, 0.6) is 5.75 Å². The Morgan fingerprint density at radius 2 is 1.94 bits per heavy atom. The maximum absolute atomic E-state index is 12.3. The number of carbonyl (C=O) groups excluding carboxylic acids is 1. The quantitative estimate of drug-likeness (QED) is 0.409. The summed E-state index contributed by atoms with van der Waals surface area (Å²) in [5.74, 6) is 1.05. The summed E-state index contributed by atoms with van der Waals surface area (Å²) in [5, 5.41) is 13.4. The predicted molar refractivity (Wildman–Crippen MR) is 118 cm³/mol. The van der Waals surface area contributed by atoms with Gasteiger partial charge in [-0.3, -0.25) is 4.79 Å². The van der Waals surface area contributed by atoms with Crippen molar-refractivity contribution in [2.45, 2.75) is 19.7 Å². The summed E-state index contributed by atoms with van der Waals surface area (Å²) in [6, 6.07) is 15.5. The molecule has 1 amide bonds. The SMILES string of the molecule is COCCn1ccc2c(OCC(=O)NCCn3c(CO)nc4ccccc43)cccc21. The number of hydrogen-bond donors (Lipinski definition) is 2. The molecular weight excluding hydrogens is 396 g/mol. The molecule has 4 aromatic rings.